The van der Waals surface area contributed by atoms with Gasteiger partial charge in [0.15, 0.2) is 0 Å². The fourth-order valence-corrected chi connectivity index (χ4v) is 4.06. The Morgan fingerprint density at radius 1 is 1.50 bits per heavy atom. The summed E-state index contributed by atoms with van der Waals surface area (Å²) < 4.78 is 45.8. The Labute approximate surface area is 130 Å². The molecule has 1 N–H and O–H groups in total. The molecule has 1 heterocycles. The van der Waals surface area contributed by atoms with E-state index in [2.05, 4.69) is 4.72 Å². The maximum atomic E-state index is 13.4. The zero-order chi connectivity index (χ0) is 16.2. The van der Waals surface area contributed by atoms with Crippen molar-refractivity contribution in [1.82, 2.24) is 9.79 Å². The molecule has 0 spiro atoms. The van der Waals surface area contributed by atoms with Crippen LogP contribution in [0.4, 0.5) is 4.39 Å². The van der Waals surface area contributed by atoms with Crippen molar-refractivity contribution in [3.8, 4) is 0 Å². The number of nitrogens with zero attached hydrogens (tertiary/aromatic N) is 1. The normalized spacial score (nSPS) is 23.0. The van der Waals surface area contributed by atoms with Crippen molar-refractivity contribution in [3.05, 3.63) is 35.6 Å². The van der Waals surface area contributed by atoms with E-state index >= 15 is 0 Å². The molecule has 6 nitrogen and oxygen atoms in total. The largest absolute Gasteiger partial charge is 0.385 e. The highest BCUT2D eigenvalue weighted by Gasteiger charge is 2.43. The zero-order valence-electron chi connectivity index (χ0n) is 12.7. The van der Waals surface area contributed by atoms with Crippen molar-refractivity contribution < 1.29 is 22.4 Å². The summed E-state index contributed by atoms with van der Waals surface area (Å²) in [6.07, 6.45) is 0.587. The number of hydroxylamine groups is 2. The number of ether oxygens (including phenoxy) is 1. The van der Waals surface area contributed by atoms with Crippen LogP contribution in [0.2, 0.25) is 0 Å². The van der Waals surface area contributed by atoms with Gasteiger partial charge in [-0.25, -0.2) is 17.5 Å². The van der Waals surface area contributed by atoms with Crippen LogP contribution in [-0.4, -0.2) is 52.6 Å². The minimum atomic E-state index is -3.58. The van der Waals surface area contributed by atoms with Gasteiger partial charge < -0.3 is 4.74 Å². The van der Waals surface area contributed by atoms with E-state index in [1.807, 2.05) is 0 Å². The Balaban J connectivity index is 2.14. The number of benzene rings is 1. The van der Waals surface area contributed by atoms with Crippen LogP contribution in [-0.2, 0) is 19.6 Å². The SMILES string of the molecule is COCCCNS(=O)(=O)C1CON(C)C1c1cccc(F)c1. The fraction of sp³-hybridized carbons (Fsp3) is 0.571. The quantitative estimate of drug-likeness (QED) is 0.757. The van der Waals surface area contributed by atoms with Gasteiger partial charge >= 0.3 is 0 Å². The first-order valence-corrected chi connectivity index (χ1v) is 8.59. The standard InChI is InChI=1S/C14H21FN2O4S/c1-17-14(11-5-3-6-12(15)9-11)13(10-21-17)22(18,19)16-7-4-8-20-2/h3,5-6,9,13-14,16H,4,7-8,10H2,1-2H3. The Morgan fingerprint density at radius 3 is 2.95 bits per heavy atom. The van der Waals surface area contributed by atoms with Gasteiger partial charge in [-0.05, 0) is 24.1 Å². The Morgan fingerprint density at radius 2 is 2.27 bits per heavy atom. The summed E-state index contributed by atoms with van der Waals surface area (Å²) in [5.74, 6) is -0.401. The molecule has 0 aliphatic carbocycles. The first-order valence-electron chi connectivity index (χ1n) is 7.04. The summed E-state index contributed by atoms with van der Waals surface area (Å²) in [7, 11) is -0.366. The minimum absolute atomic E-state index is 0.0390. The second-order valence-electron chi connectivity index (χ2n) is 5.17. The van der Waals surface area contributed by atoms with Gasteiger partial charge in [0.05, 0.1) is 12.6 Å². The van der Waals surface area contributed by atoms with E-state index in [0.717, 1.165) is 0 Å². The van der Waals surface area contributed by atoms with Crippen LogP contribution < -0.4 is 4.72 Å². The minimum Gasteiger partial charge on any atom is -0.385 e. The van der Waals surface area contributed by atoms with Crippen molar-refractivity contribution in [3.63, 3.8) is 0 Å². The number of sulfonamides is 1. The topological polar surface area (TPSA) is 67.9 Å². The molecule has 1 saturated heterocycles. The molecule has 0 radical (unpaired) electrons. The Kier molecular flexibility index (Phi) is 5.87. The number of methoxy groups -OCH3 is 1. The summed E-state index contributed by atoms with van der Waals surface area (Å²) >= 11 is 0. The summed E-state index contributed by atoms with van der Waals surface area (Å²) in [5, 5.41) is 0.676. The van der Waals surface area contributed by atoms with E-state index in [0.29, 0.717) is 25.1 Å². The van der Waals surface area contributed by atoms with Gasteiger partial charge in [-0.1, -0.05) is 12.1 Å². The number of halogens is 1. The number of hydrogen-bond acceptors (Lipinski definition) is 5. The molecule has 0 saturated carbocycles. The van der Waals surface area contributed by atoms with Crippen molar-refractivity contribution in [1.29, 1.82) is 0 Å². The van der Waals surface area contributed by atoms with Crippen LogP contribution in [0, 0.1) is 5.82 Å². The lowest BCUT2D eigenvalue weighted by molar-refractivity contribution is -0.110. The van der Waals surface area contributed by atoms with Crippen LogP contribution in [0.5, 0.6) is 0 Å². The van der Waals surface area contributed by atoms with Crippen molar-refractivity contribution >= 4 is 10.0 Å². The lowest BCUT2D eigenvalue weighted by Crippen LogP contribution is -2.39. The van der Waals surface area contributed by atoms with Crippen molar-refractivity contribution in [2.45, 2.75) is 17.7 Å². The van der Waals surface area contributed by atoms with Gasteiger partial charge in [-0.3, -0.25) is 4.84 Å². The third-order valence-electron chi connectivity index (χ3n) is 3.60. The number of nitrogens with one attached hydrogen (secondary N) is 1. The van der Waals surface area contributed by atoms with E-state index in [1.165, 1.54) is 17.2 Å². The van der Waals surface area contributed by atoms with E-state index in [1.54, 1.807) is 26.3 Å². The van der Waals surface area contributed by atoms with Gasteiger partial charge in [0, 0.05) is 27.3 Å². The van der Waals surface area contributed by atoms with Gasteiger partial charge in [0.25, 0.3) is 0 Å². The van der Waals surface area contributed by atoms with Crippen LogP contribution >= 0.6 is 0 Å². The van der Waals surface area contributed by atoms with E-state index in [-0.39, 0.29) is 6.61 Å². The molecule has 0 bridgehead atoms. The fourth-order valence-electron chi connectivity index (χ4n) is 2.51. The molecule has 0 aromatic heterocycles. The lowest BCUT2D eigenvalue weighted by atomic mass is 10.0. The third kappa shape index (κ3) is 4.02. The monoisotopic (exact) mass is 332 g/mol. The highest BCUT2D eigenvalue weighted by molar-refractivity contribution is 7.90. The van der Waals surface area contributed by atoms with Crippen LogP contribution in [0.3, 0.4) is 0 Å². The molecule has 2 rings (SSSR count). The molecule has 8 heteroatoms. The first kappa shape index (κ1) is 17.3. The average molecular weight is 332 g/mol. The molecule has 0 amide bonds. The highest BCUT2D eigenvalue weighted by atomic mass is 32.2. The smallest absolute Gasteiger partial charge is 0.218 e. The number of hydrogen-bond donors (Lipinski definition) is 1. The maximum Gasteiger partial charge on any atom is 0.218 e. The molecule has 22 heavy (non-hydrogen) atoms. The third-order valence-corrected chi connectivity index (χ3v) is 5.40. The molecule has 1 aliphatic heterocycles. The summed E-state index contributed by atoms with van der Waals surface area (Å²) in [6, 6.07) is 5.38. The summed E-state index contributed by atoms with van der Waals surface area (Å²) in [5.41, 5.74) is 0.576. The first-order chi connectivity index (χ1) is 10.5. The molecule has 1 aliphatic rings. The zero-order valence-corrected chi connectivity index (χ0v) is 13.5. The molecule has 2 unspecified atom stereocenters. The molecular formula is C14H21FN2O4S. The molecule has 2 atom stereocenters. The van der Waals surface area contributed by atoms with Crippen molar-refractivity contribution in [2.24, 2.45) is 0 Å². The van der Waals surface area contributed by atoms with Gasteiger partial charge in [0.2, 0.25) is 10.0 Å². The van der Waals surface area contributed by atoms with Gasteiger partial charge in [0.1, 0.15) is 11.1 Å². The molecular weight excluding hydrogens is 311 g/mol. The summed E-state index contributed by atoms with van der Waals surface area (Å²) in [6.45, 7) is 0.820. The Bertz CT molecular complexity index is 596. The molecule has 124 valence electrons. The molecule has 1 aromatic rings. The predicted octanol–water partition coefficient (Wildman–Crippen LogP) is 1.07. The molecule has 1 fully saturated rings. The van der Waals surface area contributed by atoms with E-state index < -0.39 is 27.1 Å². The number of rotatable bonds is 7. The van der Waals surface area contributed by atoms with E-state index in [4.69, 9.17) is 9.57 Å². The lowest BCUT2D eigenvalue weighted by Gasteiger charge is -2.23. The Hall–Kier alpha value is -1.06. The van der Waals surface area contributed by atoms with Gasteiger partial charge in [-0.15, -0.1) is 0 Å². The average Bonchev–Trinajstić information content (AvgIpc) is 2.86. The second-order valence-corrected chi connectivity index (χ2v) is 7.15. The van der Waals surface area contributed by atoms with Crippen LogP contribution in [0.15, 0.2) is 24.3 Å². The van der Waals surface area contributed by atoms with Crippen molar-refractivity contribution in [2.75, 3.05) is 33.9 Å². The van der Waals surface area contributed by atoms with Crippen LogP contribution in [0.1, 0.15) is 18.0 Å². The van der Waals surface area contributed by atoms with E-state index in [9.17, 15) is 12.8 Å². The van der Waals surface area contributed by atoms with Crippen LogP contribution in [0.25, 0.3) is 0 Å². The highest BCUT2D eigenvalue weighted by Crippen LogP contribution is 2.33. The summed E-state index contributed by atoms with van der Waals surface area (Å²) in [4.78, 5) is 5.35. The predicted molar refractivity (Wildman–Crippen MR) is 80.1 cm³/mol. The molecule has 1 aromatic carbocycles. The second kappa shape index (κ2) is 7.47. The maximum absolute atomic E-state index is 13.4. The van der Waals surface area contributed by atoms with Gasteiger partial charge in [-0.2, -0.15) is 5.06 Å².